The molecule has 0 aliphatic rings. The fourth-order valence-electron chi connectivity index (χ4n) is 2.89. The first kappa shape index (κ1) is 19.3. The van der Waals surface area contributed by atoms with Gasteiger partial charge in [0.05, 0.1) is 34.1 Å². The standard InChI is InChI=1S/C20H17N3O4S2/c1-27-15-7-5-6-14(12-15)13-28(24)20-22-17-10-11-21-19(18(17)23-20)29(25,26)16-8-3-2-4-9-16/h2-12H,13H2,1H3,(H,22,23). The van der Waals surface area contributed by atoms with Gasteiger partial charge in [0.1, 0.15) is 11.3 Å². The Morgan fingerprint density at radius 2 is 1.86 bits per heavy atom. The Hall–Kier alpha value is -3.04. The molecule has 1 N–H and O–H groups in total. The molecule has 1 atom stereocenters. The highest BCUT2D eigenvalue weighted by atomic mass is 32.2. The number of sulfone groups is 1. The van der Waals surface area contributed by atoms with E-state index in [0.717, 1.165) is 5.56 Å². The first-order valence-electron chi connectivity index (χ1n) is 8.65. The van der Waals surface area contributed by atoms with Gasteiger partial charge in [0, 0.05) is 6.20 Å². The van der Waals surface area contributed by atoms with E-state index in [1.165, 1.54) is 18.3 Å². The summed E-state index contributed by atoms with van der Waals surface area (Å²) in [6.45, 7) is 0. The van der Waals surface area contributed by atoms with Crippen LogP contribution in [0.4, 0.5) is 0 Å². The fourth-order valence-corrected chi connectivity index (χ4v) is 5.27. The van der Waals surface area contributed by atoms with Crippen LogP contribution in [0.2, 0.25) is 0 Å². The highest BCUT2D eigenvalue weighted by Gasteiger charge is 2.24. The number of hydrogen-bond donors (Lipinski definition) is 1. The maximum atomic E-state index is 13.0. The third-order valence-electron chi connectivity index (χ3n) is 4.30. The van der Waals surface area contributed by atoms with E-state index in [4.69, 9.17) is 4.74 Å². The fraction of sp³-hybridized carbons (Fsp3) is 0.100. The van der Waals surface area contributed by atoms with Crippen molar-refractivity contribution < 1.29 is 17.4 Å². The van der Waals surface area contributed by atoms with E-state index in [-0.39, 0.29) is 26.3 Å². The summed E-state index contributed by atoms with van der Waals surface area (Å²) in [4.78, 5) is 11.5. The number of pyridine rings is 1. The van der Waals surface area contributed by atoms with E-state index >= 15 is 0 Å². The molecule has 0 amide bonds. The van der Waals surface area contributed by atoms with Gasteiger partial charge in [-0.15, -0.1) is 0 Å². The second kappa shape index (κ2) is 7.76. The summed E-state index contributed by atoms with van der Waals surface area (Å²) in [7, 11) is -3.79. The second-order valence-corrected chi connectivity index (χ2v) is 9.44. The number of aromatic amines is 1. The Balaban J connectivity index is 1.72. The summed E-state index contributed by atoms with van der Waals surface area (Å²) < 4.78 is 44.0. The minimum absolute atomic E-state index is 0.127. The molecular formula is C20H17N3O4S2. The maximum absolute atomic E-state index is 13.0. The Morgan fingerprint density at radius 3 is 2.62 bits per heavy atom. The SMILES string of the molecule is COc1cccc(CS(=O)c2nc3c(S(=O)(=O)c4ccccc4)nccc3[nH]2)c1. The van der Waals surface area contributed by atoms with Crippen molar-refractivity contribution in [2.24, 2.45) is 0 Å². The van der Waals surface area contributed by atoms with Gasteiger partial charge in [-0.1, -0.05) is 30.3 Å². The van der Waals surface area contributed by atoms with Crippen molar-refractivity contribution in [3.63, 3.8) is 0 Å². The molecule has 148 valence electrons. The van der Waals surface area contributed by atoms with Crippen LogP contribution in [0.15, 0.2) is 81.9 Å². The summed E-state index contributed by atoms with van der Waals surface area (Å²) in [5.41, 5.74) is 1.45. The van der Waals surface area contributed by atoms with Crippen LogP contribution >= 0.6 is 0 Å². The lowest BCUT2D eigenvalue weighted by molar-refractivity contribution is 0.414. The van der Waals surface area contributed by atoms with Gasteiger partial charge in [-0.2, -0.15) is 0 Å². The number of methoxy groups -OCH3 is 1. The van der Waals surface area contributed by atoms with Crippen LogP contribution in [-0.2, 0) is 26.4 Å². The first-order valence-corrected chi connectivity index (χ1v) is 11.5. The Labute approximate surface area is 170 Å². The molecule has 0 aliphatic carbocycles. The molecule has 2 aromatic carbocycles. The van der Waals surface area contributed by atoms with E-state index in [0.29, 0.717) is 11.3 Å². The molecule has 2 aromatic heterocycles. The smallest absolute Gasteiger partial charge is 0.226 e. The molecule has 0 saturated heterocycles. The molecule has 1 unspecified atom stereocenters. The van der Waals surface area contributed by atoms with Crippen LogP contribution in [0.3, 0.4) is 0 Å². The zero-order valence-electron chi connectivity index (χ0n) is 15.4. The second-order valence-electron chi connectivity index (χ2n) is 6.21. The van der Waals surface area contributed by atoms with Crippen LogP contribution < -0.4 is 4.74 Å². The van der Waals surface area contributed by atoms with E-state index < -0.39 is 20.6 Å². The van der Waals surface area contributed by atoms with Crippen molar-refractivity contribution in [3.05, 3.63) is 72.4 Å². The average molecular weight is 428 g/mol. The number of nitrogens with zero attached hydrogens (tertiary/aromatic N) is 2. The zero-order valence-corrected chi connectivity index (χ0v) is 17.0. The van der Waals surface area contributed by atoms with Gasteiger partial charge >= 0.3 is 0 Å². The van der Waals surface area contributed by atoms with Crippen LogP contribution in [0.25, 0.3) is 11.0 Å². The number of nitrogens with one attached hydrogen (secondary N) is 1. The number of fused-ring (bicyclic) bond motifs is 1. The molecular weight excluding hydrogens is 410 g/mol. The molecule has 2 heterocycles. The molecule has 0 bridgehead atoms. The predicted octanol–water partition coefficient (Wildman–Crippen LogP) is 3.11. The summed E-state index contributed by atoms with van der Waals surface area (Å²) >= 11 is 0. The van der Waals surface area contributed by atoms with Gasteiger partial charge in [0.2, 0.25) is 9.84 Å². The number of aromatic nitrogens is 3. The van der Waals surface area contributed by atoms with Gasteiger partial charge in [-0.05, 0) is 35.9 Å². The molecule has 0 aliphatic heterocycles. The number of ether oxygens (including phenoxy) is 1. The number of benzene rings is 2. The quantitative estimate of drug-likeness (QED) is 0.507. The lowest BCUT2D eigenvalue weighted by Gasteiger charge is -2.04. The minimum atomic E-state index is -3.85. The van der Waals surface area contributed by atoms with Crippen molar-refractivity contribution in [1.82, 2.24) is 15.0 Å². The summed E-state index contributed by atoms with van der Waals surface area (Å²) in [6, 6.07) is 16.9. The number of rotatable bonds is 6. The van der Waals surface area contributed by atoms with E-state index in [1.54, 1.807) is 43.5 Å². The third-order valence-corrected chi connectivity index (χ3v) is 7.22. The van der Waals surface area contributed by atoms with Crippen molar-refractivity contribution in [2.75, 3.05) is 7.11 Å². The molecule has 4 rings (SSSR count). The minimum Gasteiger partial charge on any atom is -0.497 e. The predicted molar refractivity (Wildman–Crippen MR) is 109 cm³/mol. The molecule has 4 aromatic rings. The summed E-state index contributed by atoms with van der Waals surface area (Å²) in [5, 5.41) is 0.0300. The molecule has 0 spiro atoms. The lowest BCUT2D eigenvalue weighted by Crippen LogP contribution is -2.05. The van der Waals surface area contributed by atoms with Crippen molar-refractivity contribution in [3.8, 4) is 5.75 Å². The Bertz CT molecular complexity index is 1300. The summed E-state index contributed by atoms with van der Waals surface area (Å²) in [5.74, 6) is 0.884. The Kier molecular flexibility index (Phi) is 5.16. The maximum Gasteiger partial charge on any atom is 0.226 e. The average Bonchev–Trinajstić information content (AvgIpc) is 3.19. The highest BCUT2D eigenvalue weighted by molar-refractivity contribution is 7.91. The topological polar surface area (TPSA) is 102 Å². The number of hydrogen-bond acceptors (Lipinski definition) is 6. The van der Waals surface area contributed by atoms with Crippen molar-refractivity contribution >= 4 is 31.7 Å². The zero-order chi connectivity index (χ0) is 20.4. The third kappa shape index (κ3) is 3.79. The number of H-pyrrole nitrogens is 1. The normalized spacial score (nSPS) is 12.7. The molecule has 0 fully saturated rings. The monoisotopic (exact) mass is 427 g/mol. The van der Waals surface area contributed by atoms with Gasteiger partial charge in [-0.3, -0.25) is 4.21 Å². The van der Waals surface area contributed by atoms with Gasteiger partial charge < -0.3 is 9.72 Å². The van der Waals surface area contributed by atoms with Gasteiger partial charge in [0.25, 0.3) is 0 Å². The molecule has 29 heavy (non-hydrogen) atoms. The van der Waals surface area contributed by atoms with Crippen LogP contribution in [0.5, 0.6) is 5.75 Å². The molecule has 9 heteroatoms. The Morgan fingerprint density at radius 1 is 1.07 bits per heavy atom. The molecule has 0 radical (unpaired) electrons. The van der Waals surface area contributed by atoms with Crippen molar-refractivity contribution in [1.29, 1.82) is 0 Å². The van der Waals surface area contributed by atoms with Gasteiger partial charge in [-0.25, -0.2) is 18.4 Å². The van der Waals surface area contributed by atoms with E-state index in [2.05, 4.69) is 15.0 Å². The summed E-state index contributed by atoms with van der Waals surface area (Å²) in [6.07, 6.45) is 1.39. The van der Waals surface area contributed by atoms with E-state index in [1.807, 2.05) is 12.1 Å². The van der Waals surface area contributed by atoms with Crippen molar-refractivity contribution in [2.45, 2.75) is 20.8 Å². The number of imidazole rings is 1. The van der Waals surface area contributed by atoms with Gasteiger partial charge in [0.15, 0.2) is 10.2 Å². The molecule has 7 nitrogen and oxygen atoms in total. The van der Waals surface area contributed by atoms with Crippen LogP contribution in [0, 0.1) is 0 Å². The van der Waals surface area contributed by atoms with E-state index in [9.17, 15) is 12.6 Å². The van der Waals surface area contributed by atoms with Crippen LogP contribution in [-0.4, -0.2) is 34.7 Å². The van der Waals surface area contributed by atoms with Crippen LogP contribution in [0.1, 0.15) is 5.56 Å². The largest absolute Gasteiger partial charge is 0.497 e. The highest BCUT2D eigenvalue weighted by Crippen LogP contribution is 2.26. The lowest BCUT2D eigenvalue weighted by atomic mass is 10.2. The molecule has 0 saturated carbocycles. The first-order chi connectivity index (χ1) is 14.0.